The number of carbonyl (C=O) groups is 1. The van der Waals surface area contributed by atoms with E-state index in [0.717, 1.165) is 5.56 Å². The minimum atomic E-state index is -4.75. The normalized spacial score (nSPS) is 16.7. The van der Waals surface area contributed by atoms with Crippen LogP contribution in [0.5, 0.6) is 11.5 Å². The van der Waals surface area contributed by atoms with Crippen LogP contribution in [0.1, 0.15) is 34.3 Å². The summed E-state index contributed by atoms with van der Waals surface area (Å²) in [5, 5.41) is 0. The van der Waals surface area contributed by atoms with Crippen LogP contribution in [0.2, 0.25) is 0 Å². The lowest BCUT2D eigenvalue weighted by molar-refractivity contribution is -0.391. The number of rotatable bonds is 7. The molecule has 2 aromatic carbocycles. The van der Waals surface area contributed by atoms with Gasteiger partial charge in [-0.3, -0.25) is 4.79 Å². The summed E-state index contributed by atoms with van der Waals surface area (Å²) in [6.07, 6.45) is -8.33. The Kier molecular flexibility index (Phi) is 5.84. The average Bonchev–Trinajstić information content (AvgIpc) is 2.62. The molecule has 0 bridgehead atoms. The third-order valence-corrected chi connectivity index (χ3v) is 4.50. The number of ketones is 1. The molecule has 2 aromatic rings. The maximum absolute atomic E-state index is 13.3. The molecule has 0 N–H and O–H groups in total. The first-order chi connectivity index (χ1) is 13.6. The van der Waals surface area contributed by atoms with Crippen molar-refractivity contribution in [2.24, 2.45) is 0 Å². The van der Waals surface area contributed by atoms with Gasteiger partial charge in [0.1, 0.15) is 0 Å². The fourth-order valence-electron chi connectivity index (χ4n) is 3.13. The molecule has 0 fully saturated rings. The Morgan fingerprint density at radius 1 is 0.966 bits per heavy atom. The van der Waals surface area contributed by atoms with Crippen LogP contribution in [-0.4, -0.2) is 37.0 Å². The number of ether oxygens (including phenoxy) is 2. The summed E-state index contributed by atoms with van der Waals surface area (Å²) in [5.74, 6) is -0.898. The van der Waals surface area contributed by atoms with Gasteiger partial charge in [0.15, 0.2) is 17.3 Å². The molecule has 0 amide bonds. The van der Waals surface area contributed by atoms with Crippen molar-refractivity contribution in [1.29, 1.82) is 0 Å². The van der Waals surface area contributed by atoms with Crippen LogP contribution in [0.15, 0.2) is 42.5 Å². The van der Waals surface area contributed by atoms with E-state index in [9.17, 15) is 22.4 Å². The molecule has 1 aliphatic rings. The van der Waals surface area contributed by atoms with E-state index >= 15 is 0 Å². The molecule has 8 heteroatoms. The number of halogens is 4. The van der Waals surface area contributed by atoms with Crippen LogP contribution in [0.3, 0.4) is 0 Å². The van der Waals surface area contributed by atoms with Crippen LogP contribution in [0, 0.1) is 0 Å². The molecule has 0 spiro atoms. The van der Waals surface area contributed by atoms with Crippen LogP contribution < -0.4 is 9.47 Å². The molecule has 0 unspecified atom stereocenters. The topological polar surface area (TPSA) is 38.8 Å². The number of alkyl halides is 4. The van der Waals surface area contributed by atoms with Crippen LogP contribution in [0.4, 0.5) is 17.6 Å². The monoisotopic (exact) mass is 411 g/mol. The summed E-state index contributed by atoms with van der Waals surface area (Å²) in [4.78, 5) is 14.6. The average molecular weight is 411 g/mol. The van der Waals surface area contributed by atoms with E-state index in [1.54, 1.807) is 6.07 Å². The Morgan fingerprint density at radius 2 is 1.62 bits per heavy atom. The van der Waals surface area contributed by atoms with E-state index in [4.69, 9.17) is 0 Å². The highest BCUT2D eigenvalue weighted by atomic mass is 19.3. The standard InChI is InChI=1S/C21H21F4NO3/c1-26(2)13-15-7-3-4-8-16(15)17(27)9-5-6-14-10-11-18-19(12-14)29-21(24,25)20(22,23)28-18/h3-4,7-8,10-12H,5-6,9,13H2,1-2H3. The molecule has 0 aromatic heterocycles. The predicted molar refractivity (Wildman–Crippen MR) is 98.7 cm³/mol. The zero-order valence-corrected chi connectivity index (χ0v) is 16.1. The summed E-state index contributed by atoms with van der Waals surface area (Å²) < 4.78 is 61.2. The third kappa shape index (κ3) is 4.70. The quantitative estimate of drug-likeness (QED) is 0.479. The largest absolute Gasteiger partial charge is 0.507 e. The van der Waals surface area contributed by atoms with E-state index in [0.29, 0.717) is 30.5 Å². The Bertz CT molecular complexity index is 899. The third-order valence-electron chi connectivity index (χ3n) is 4.50. The summed E-state index contributed by atoms with van der Waals surface area (Å²) in [7, 11) is 3.84. The van der Waals surface area contributed by atoms with Crippen LogP contribution in [0.25, 0.3) is 0 Å². The molecule has 0 saturated carbocycles. The Morgan fingerprint density at radius 3 is 2.31 bits per heavy atom. The van der Waals surface area contributed by atoms with Crippen molar-refractivity contribution in [3.05, 3.63) is 59.2 Å². The second-order valence-corrected chi connectivity index (χ2v) is 7.19. The number of carbonyl (C=O) groups excluding carboxylic acids is 1. The Hall–Kier alpha value is -2.61. The zero-order valence-electron chi connectivity index (χ0n) is 16.1. The van der Waals surface area contributed by atoms with E-state index < -0.39 is 23.7 Å². The minimum absolute atomic E-state index is 0.00818. The van der Waals surface area contributed by atoms with Gasteiger partial charge in [-0.15, -0.1) is 0 Å². The zero-order chi connectivity index (χ0) is 21.2. The van der Waals surface area contributed by atoms with Crippen molar-refractivity contribution in [2.75, 3.05) is 14.1 Å². The van der Waals surface area contributed by atoms with Crippen LogP contribution >= 0.6 is 0 Å². The fourth-order valence-corrected chi connectivity index (χ4v) is 3.13. The van der Waals surface area contributed by atoms with Crippen molar-refractivity contribution >= 4 is 5.78 Å². The first-order valence-corrected chi connectivity index (χ1v) is 9.11. The molecule has 1 aliphatic heterocycles. The molecular formula is C21H21F4NO3. The van der Waals surface area contributed by atoms with Crippen molar-refractivity contribution in [3.8, 4) is 11.5 Å². The number of nitrogens with zero attached hydrogens (tertiary/aromatic N) is 1. The maximum Gasteiger partial charge on any atom is 0.507 e. The summed E-state index contributed by atoms with van der Waals surface area (Å²) in [5.41, 5.74) is 2.18. The van der Waals surface area contributed by atoms with Gasteiger partial charge in [0, 0.05) is 18.5 Å². The van der Waals surface area contributed by atoms with Gasteiger partial charge < -0.3 is 14.4 Å². The molecule has 0 saturated heterocycles. The molecule has 4 nitrogen and oxygen atoms in total. The molecule has 0 aliphatic carbocycles. The van der Waals surface area contributed by atoms with Gasteiger partial charge in [0.25, 0.3) is 0 Å². The van der Waals surface area contributed by atoms with Crippen molar-refractivity contribution in [1.82, 2.24) is 4.90 Å². The molecule has 156 valence electrons. The van der Waals surface area contributed by atoms with Gasteiger partial charge in [-0.25, -0.2) is 0 Å². The van der Waals surface area contributed by atoms with E-state index in [-0.39, 0.29) is 12.2 Å². The molecule has 29 heavy (non-hydrogen) atoms. The van der Waals surface area contributed by atoms with Crippen molar-refractivity contribution in [2.45, 2.75) is 38.0 Å². The lowest BCUT2D eigenvalue weighted by Crippen LogP contribution is -2.52. The highest BCUT2D eigenvalue weighted by Gasteiger charge is 2.65. The van der Waals surface area contributed by atoms with E-state index in [2.05, 4.69) is 9.47 Å². The van der Waals surface area contributed by atoms with Gasteiger partial charge in [0.2, 0.25) is 0 Å². The van der Waals surface area contributed by atoms with Gasteiger partial charge in [-0.05, 0) is 50.2 Å². The number of benzene rings is 2. The van der Waals surface area contributed by atoms with Gasteiger partial charge >= 0.3 is 12.2 Å². The molecular weight excluding hydrogens is 390 g/mol. The van der Waals surface area contributed by atoms with Gasteiger partial charge in [0.05, 0.1) is 0 Å². The number of hydrogen-bond acceptors (Lipinski definition) is 4. The van der Waals surface area contributed by atoms with Crippen molar-refractivity contribution in [3.63, 3.8) is 0 Å². The SMILES string of the molecule is CN(C)Cc1ccccc1C(=O)CCCc1ccc2c(c1)OC(F)(F)C(F)(F)O2. The molecule has 0 radical (unpaired) electrons. The van der Waals surface area contributed by atoms with E-state index in [1.165, 1.54) is 18.2 Å². The summed E-state index contributed by atoms with van der Waals surface area (Å²) in [6.45, 7) is 0.642. The van der Waals surface area contributed by atoms with Crippen molar-refractivity contribution < 1.29 is 31.8 Å². The lowest BCUT2D eigenvalue weighted by atomic mass is 9.98. The minimum Gasteiger partial charge on any atom is -0.421 e. The summed E-state index contributed by atoms with van der Waals surface area (Å²) >= 11 is 0. The Balaban J connectivity index is 1.63. The second-order valence-electron chi connectivity index (χ2n) is 7.19. The molecule has 1 heterocycles. The Labute approximate surface area is 166 Å². The maximum atomic E-state index is 13.3. The predicted octanol–water partition coefficient (Wildman–Crippen LogP) is 4.91. The number of hydrogen-bond donors (Lipinski definition) is 0. The highest BCUT2D eigenvalue weighted by molar-refractivity contribution is 5.97. The van der Waals surface area contributed by atoms with Gasteiger partial charge in [-0.1, -0.05) is 30.3 Å². The highest BCUT2D eigenvalue weighted by Crippen LogP contribution is 2.47. The summed E-state index contributed by atoms with van der Waals surface area (Å²) in [6, 6.07) is 11.3. The lowest BCUT2D eigenvalue weighted by Gasteiger charge is -2.31. The van der Waals surface area contributed by atoms with Crippen LogP contribution in [-0.2, 0) is 13.0 Å². The molecule has 0 atom stereocenters. The molecule has 3 rings (SSSR count). The second kappa shape index (κ2) is 8.02. The number of Topliss-reactive ketones (excluding diaryl/α,β-unsaturated/α-hetero) is 1. The van der Waals surface area contributed by atoms with Gasteiger partial charge in [-0.2, -0.15) is 17.6 Å². The number of fused-ring (bicyclic) bond motifs is 1. The fraction of sp³-hybridized carbons (Fsp3) is 0.381. The first-order valence-electron chi connectivity index (χ1n) is 9.11. The van der Waals surface area contributed by atoms with E-state index in [1.807, 2.05) is 37.2 Å². The first kappa shape index (κ1) is 21.1. The smallest absolute Gasteiger partial charge is 0.421 e. The number of aryl methyl sites for hydroxylation is 1.